The predicted molar refractivity (Wildman–Crippen MR) is 68.9 cm³/mol. The molecule has 2 aromatic heterocycles. The fourth-order valence-corrected chi connectivity index (χ4v) is 2.75. The number of anilines is 1. The highest BCUT2D eigenvalue weighted by Crippen LogP contribution is 2.23. The highest BCUT2D eigenvalue weighted by atomic mass is 35.5. The molecular formula is C11H15ClN6. The Morgan fingerprint density at radius 1 is 1.28 bits per heavy atom. The smallest absolute Gasteiger partial charge is 0.200 e. The second kappa shape index (κ2) is 5.06. The van der Waals surface area contributed by atoms with Crippen LogP contribution in [0.3, 0.4) is 0 Å². The van der Waals surface area contributed by atoms with Crippen molar-refractivity contribution < 1.29 is 0 Å². The first kappa shape index (κ1) is 11.6. The second-order valence-electron chi connectivity index (χ2n) is 4.57. The van der Waals surface area contributed by atoms with Crippen LogP contribution in [0.5, 0.6) is 0 Å². The summed E-state index contributed by atoms with van der Waals surface area (Å²) in [6, 6.07) is 4.21. The summed E-state index contributed by atoms with van der Waals surface area (Å²) >= 11 is 6.08. The number of halogens is 1. The van der Waals surface area contributed by atoms with Crippen LogP contribution in [0, 0.1) is 0 Å². The standard InChI is InChI=1S/C11H15ClN6/c12-8-9-4-2-1-3-7-17(9)11-6-5-10-13-15-16-18(10)14-11/h5-6,9H,1-4,7-8H2. The van der Waals surface area contributed by atoms with E-state index < -0.39 is 0 Å². The van der Waals surface area contributed by atoms with Gasteiger partial charge in [-0.15, -0.1) is 26.4 Å². The highest BCUT2D eigenvalue weighted by Gasteiger charge is 2.22. The molecule has 2 aromatic rings. The Kier molecular flexibility index (Phi) is 3.27. The van der Waals surface area contributed by atoms with Crippen LogP contribution < -0.4 is 4.90 Å². The molecule has 1 fully saturated rings. The first-order valence-electron chi connectivity index (χ1n) is 6.26. The van der Waals surface area contributed by atoms with E-state index in [0.29, 0.717) is 17.6 Å². The fraction of sp³-hybridized carbons (Fsp3) is 0.636. The van der Waals surface area contributed by atoms with E-state index in [4.69, 9.17) is 11.6 Å². The van der Waals surface area contributed by atoms with Crippen LogP contribution in [0.1, 0.15) is 25.7 Å². The predicted octanol–water partition coefficient (Wildman–Crippen LogP) is 1.51. The van der Waals surface area contributed by atoms with Crippen molar-refractivity contribution in [2.24, 2.45) is 0 Å². The molecule has 0 saturated carbocycles. The van der Waals surface area contributed by atoms with Crippen molar-refractivity contribution in [1.82, 2.24) is 25.3 Å². The molecule has 0 spiro atoms. The van der Waals surface area contributed by atoms with Gasteiger partial charge in [0.25, 0.3) is 0 Å². The lowest BCUT2D eigenvalue weighted by molar-refractivity contribution is 0.606. The van der Waals surface area contributed by atoms with Gasteiger partial charge >= 0.3 is 0 Å². The molecule has 7 heteroatoms. The molecular weight excluding hydrogens is 252 g/mol. The van der Waals surface area contributed by atoms with Gasteiger partial charge in [-0.05, 0) is 35.4 Å². The van der Waals surface area contributed by atoms with E-state index in [2.05, 4.69) is 25.5 Å². The maximum atomic E-state index is 6.08. The number of aromatic nitrogens is 5. The lowest BCUT2D eigenvalue weighted by Gasteiger charge is -2.29. The summed E-state index contributed by atoms with van der Waals surface area (Å²) in [6.07, 6.45) is 4.81. The molecule has 0 aromatic carbocycles. The van der Waals surface area contributed by atoms with E-state index in [1.54, 1.807) is 0 Å². The summed E-state index contributed by atoms with van der Waals surface area (Å²) in [5.41, 5.74) is 0.663. The second-order valence-corrected chi connectivity index (χ2v) is 4.88. The van der Waals surface area contributed by atoms with Gasteiger partial charge in [0.2, 0.25) is 0 Å². The number of nitrogens with zero attached hydrogens (tertiary/aromatic N) is 6. The number of rotatable bonds is 2. The molecule has 96 valence electrons. The van der Waals surface area contributed by atoms with Crippen LogP contribution in [-0.4, -0.2) is 43.7 Å². The van der Waals surface area contributed by atoms with E-state index in [9.17, 15) is 0 Å². The third-order valence-corrected chi connectivity index (χ3v) is 3.76. The van der Waals surface area contributed by atoms with Crippen molar-refractivity contribution in [3.05, 3.63) is 12.1 Å². The van der Waals surface area contributed by atoms with Gasteiger partial charge in [-0.25, -0.2) is 0 Å². The Morgan fingerprint density at radius 3 is 3.11 bits per heavy atom. The molecule has 0 aliphatic carbocycles. The molecule has 18 heavy (non-hydrogen) atoms. The minimum absolute atomic E-state index is 0.357. The lowest BCUT2D eigenvalue weighted by Crippen LogP contribution is -2.37. The maximum absolute atomic E-state index is 6.08. The quantitative estimate of drug-likeness (QED) is 0.771. The number of tetrazole rings is 1. The number of hydrogen-bond donors (Lipinski definition) is 0. The minimum atomic E-state index is 0.357. The first-order valence-corrected chi connectivity index (χ1v) is 6.80. The average Bonchev–Trinajstić information content (AvgIpc) is 2.74. The van der Waals surface area contributed by atoms with Gasteiger partial charge in [0.15, 0.2) is 11.5 Å². The SMILES string of the molecule is ClCC1CCCCCN1c1ccc2nnnn2n1. The van der Waals surface area contributed by atoms with E-state index in [1.807, 2.05) is 12.1 Å². The van der Waals surface area contributed by atoms with Crippen molar-refractivity contribution in [1.29, 1.82) is 0 Å². The zero-order valence-electron chi connectivity index (χ0n) is 10.0. The molecule has 0 amide bonds. The molecule has 3 rings (SSSR count). The van der Waals surface area contributed by atoms with E-state index in [1.165, 1.54) is 23.9 Å². The fourth-order valence-electron chi connectivity index (χ4n) is 2.43. The third-order valence-electron chi connectivity index (χ3n) is 3.40. The van der Waals surface area contributed by atoms with Crippen molar-refractivity contribution in [2.45, 2.75) is 31.7 Å². The Morgan fingerprint density at radius 2 is 2.22 bits per heavy atom. The maximum Gasteiger partial charge on any atom is 0.200 e. The molecule has 1 atom stereocenters. The summed E-state index contributed by atoms with van der Waals surface area (Å²) in [4.78, 5) is 2.28. The molecule has 0 N–H and O–H groups in total. The van der Waals surface area contributed by atoms with Crippen LogP contribution in [0.2, 0.25) is 0 Å². The molecule has 1 unspecified atom stereocenters. The zero-order chi connectivity index (χ0) is 12.4. The summed E-state index contributed by atoms with van der Waals surface area (Å²) < 4.78 is 1.46. The molecule has 1 aliphatic rings. The van der Waals surface area contributed by atoms with Crippen molar-refractivity contribution in [2.75, 3.05) is 17.3 Å². The minimum Gasteiger partial charge on any atom is -0.351 e. The molecule has 0 radical (unpaired) electrons. The van der Waals surface area contributed by atoms with Crippen molar-refractivity contribution in [3.8, 4) is 0 Å². The van der Waals surface area contributed by atoms with Crippen molar-refractivity contribution >= 4 is 23.1 Å². The molecule has 6 nitrogen and oxygen atoms in total. The largest absolute Gasteiger partial charge is 0.351 e. The van der Waals surface area contributed by atoms with Crippen LogP contribution >= 0.6 is 11.6 Å². The Labute approximate surface area is 110 Å². The number of hydrogen-bond acceptors (Lipinski definition) is 5. The van der Waals surface area contributed by atoms with Gasteiger partial charge in [-0.3, -0.25) is 0 Å². The topological polar surface area (TPSA) is 59.2 Å². The average molecular weight is 267 g/mol. The molecule has 1 saturated heterocycles. The monoisotopic (exact) mass is 266 g/mol. The summed E-state index contributed by atoms with van der Waals surface area (Å²) in [6.45, 7) is 0.998. The highest BCUT2D eigenvalue weighted by molar-refractivity contribution is 6.18. The Balaban J connectivity index is 1.94. The number of fused-ring (bicyclic) bond motifs is 1. The van der Waals surface area contributed by atoms with Crippen LogP contribution in [0.25, 0.3) is 5.65 Å². The molecule has 0 bridgehead atoms. The van der Waals surface area contributed by atoms with E-state index in [-0.39, 0.29) is 0 Å². The van der Waals surface area contributed by atoms with Gasteiger partial charge in [0, 0.05) is 18.5 Å². The zero-order valence-corrected chi connectivity index (χ0v) is 10.8. The van der Waals surface area contributed by atoms with Gasteiger partial charge in [0.05, 0.1) is 0 Å². The third kappa shape index (κ3) is 2.12. The van der Waals surface area contributed by atoms with Crippen LogP contribution in [0.15, 0.2) is 12.1 Å². The lowest BCUT2D eigenvalue weighted by atomic mass is 10.1. The van der Waals surface area contributed by atoms with Crippen LogP contribution in [-0.2, 0) is 0 Å². The van der Waals surface area contributed by atoms with Gasteiger partial charge in [-0.1, -0.05) is 12.8 Å². The summed E-state index contributed by atoms with van der Waals surface area (Å²) in [5, 5.41) is 15.7. The Bertz CT molecular complexity index is 527. The van der Waals surface area contributed by atoms with E-state index in [0.717, 1.165) is 18.8 Å². The van der Waals surface area contributed by atoms with E-state index >= 15 is 0 Å². The van der Waals surface area contributed by atoms with Crippen LogP contribution in [0.4, 0.5) is 5.82 Å². The summed E-state index contributed by atoms with van der Waals surface area (Å²) in [7, 11) is 0. The van der Waals surface area contributed by atoms with Gasteiger partial charge < -0.3 is 4.90 Å². The van der Waals surface area contributed by atoms with Gasteiger partial charge in [-0.2, -0.15) is 0 Å². The van der Waals surface area contributed by atoms with Crippen molar-refractivity contribution in [3.63, 3.8) is 0 Å². The molecule has 1 aliphatic heterocycles. The Hall–Kier alpha value is -1.43. The molecule has 3 heterocycles. The normalized spacial score (nSPS) is 21.2. The first-order chi connectivity index (χ1) is 8.88. The van der Waals surface area contributed by atoms with Gasteiger partial charge in [0.1, 0.15) is 0 Å². The summed E-state index contributed by atoms with van der Waals surface area (Å²) in [5.74, 6) is 1.54. The number of alkyl halides is 1.